The molecule has 1 aliphatic heterocycles. The van der Waals surface area contributed by atoms with E-state index in [1.807, 2.05) is 12.1 Å². The highest BCUT2D eigenvalue weighted by atomic mass is 16.5. The summed E-state index contributed by atoms with van der Waals surface area (Å²) in [7, 11) is 0. The standard InChI is InChI=1S/C22H31N3O3/c1-16(2)14-25-11-12-28-20(15-25)13-23-21(26)10-5-17-3-6-18(7-4-17)22(27)24-19-8-9-19/h3-7,10,16,19-20H,8-9,11-15H2,1-2H3,(H,23,26)(H,24,27)/b10-5+. The summed E-state index contributed by atoms with van der Waals surface area (Å²) in [5.41, 5.74) is 1.53. The first-order valence-corrected chi connectivity index (χ1v) is 10.2. The van der Waals surface area contributed by atoms with Gasteiger partial charge in [-0.05, 0) is 42.5 Å². The summed E-state index contributed by atoms with van der Waals surface area (Å²) in [4.78, 5) is 26.5. The number of ether oxygens (including phenoxy) is 1. The van der Waals surface area contributed by atoms with Crippen LogP contribution in [0.25, 0.3) is 6.08 Å². The van der Waals surface area contributed by atoms with Gasteiger partial charge in [-0.15, -0.1) is 0 Å². The number of amides is 2. The lowest BCUT2D eigenvalue weighted by molar-refractivity contribution is -0.117. The van der Waals surface area contributed by atoms with Crippen LogP contribution in [0, 0.1) is 5.92 Å². The van der Waals surface area contributed by atoms with E-state index in [0.29, 0.717) is 30.7 Å². The Balaban J connectivity index is 1.41. The first-order chi connectivity index (χ1) is 13.5. The van der Waals surface area contributed by atoms with Crippen LogP contribution in [0.2, 0.25) is 0 Å². The zero-order chi connectivity index (χ0) is 19.9. The van der Waals surface area contributed by atoms with Crippen LogP contribution < -0.4 is 10.6 Å². The van der Waals surface area contributed by atoms with Gasteiger partial charge >= 0.3 is 0 Å². The average Bonchev–Trinajstić information content (AvgIpc) is 3.49. The van der Waals surface area contributed by atoms with Gasteiger partial charge < -0.3 is 15.4 Å². The predicted octanol–water partition coefficient (Wildman–Crippen LogP) is 2.06. The van der Waals surface area contributed by atoms with E-state index in [4.69, 9.17) is 4.74 Å². The first kappa shape index (κ1) is 20.6. The van der Waals surface area contributed by atoms with Crippen molar-refractivity contribution in [2.75, 3.05) is 32.8 Å². The van der Waals surface area contributed by atoms with Gasteiger partial charge in [0, 0.05) is 43.9 Å². The fourth-order valence-electron chi connectivity index (χ4n) is 3.27. The fraction of sp³-hybridized carbons (Fsp3) is 0.545. The minimum atomic E-state index is -0.139. The molecule has 152 valence electrons. The summed E-state index contributed by atoms with van der Waals surface area (Å²) in [6.07, 6.45) is 5.46. The third kappa shape index (κ3) is 6.77. The number of carbonyl (C=O) groups is 2. The molecule has 2 fully saturated rings. The third-order valence-corrected chi connectivity index (χ3v) is 4.86. The SMILES string of the molecule is CC(C)CN1CCOC(CNC(=O)/C=C/c2ccc(C(=O)NC3CC3)cc2)C1. The number of hydrogen-bond donors (Lipinski definition) is 2. The summed E-state index contributed by atoms with van der Waals surface area (Å²) in [6.45, 7) is 8.51. The van der Waals surface area contributed by atoms with Gasteiger partial charge in [-0.3, -0.25) is 14.5 Å². The number of carbonyl (C=O) groups excluding carboxylic acids is 2. The molecule has 1 heterocycles. The molecule has 1 unspecified atom stereocenters. The number of nitrogens with zero attached hydrogens (tertiary/aromatic N) is 1. The summed E-state index contributed by atoms with van der Waals surface area (Å²) in [5.74, 6) is 0.456. The molecule has 2 aliphatic rings. The summed E-state index contributed by atoms with van der Waals surface area (Å²) < 4.78 is 5.75. The predicted molar refractivity (Wildman–Crippen MR) is 110 cm³/mol. The van der Waals surface area contributed by atoms with Crippen molar-refractivity contribution < 1.29 is 14.3 Å². The Morgan fingerprint density at radius 1 is 1.25 bits per heavy atom. The number of rotatable bonds is 8. The van der Waals surface area contributed by atoms with Crippen LogP contribution in [-0.4, -0.2) is 61.6 Å². The summed E-state index contributed by atoms with van der Waals surface area (Å²) in [6, 6.07) is 7.61. The van der Waals surface area contributed by atoms with Gasteiger partial charge in [0.25, 0.3) is 5.91 Å². The van der Waals surface area contributed by atoms with Crippen molar-refractivity contribution in [3.8, 4) is 0 Å². The largest absolute Gasteiger partial charge is 0.374 e. The van der Waals surface area contributed by atoms with Crippen LogP contribution in [0.1, 0.15) is 42.6 Å². The van der Waals surface area contributed by atoms with Gasteiger partial charge in [0.1, 0.15) is 0 Å². The van der Waals surface area contributed by atoms with Gasteiger partial charge in [-0.1, -0.05) is 26.0 Å². The van der Waals surface area contributed by atoms with E-state index >= 15 is 0 Å². The number of morpholine rings is 1. The van der Waals surface area contributed by atoms with Crippen molar-refractivity contribution in [2.24, 2.45) is 5.92 Å². The second-order valence-electron chi connectivity index (χ2n) is 8.09. The van der Waals surface area contributed by atoms with E-state index in [2.05, 4.69) is 29.4 Å². The van der Waals surface area contributed by atoms with Gasteiger partial charge in [0.15, 0.2) is 0 Å². The summed E-state index contributed by atoms with van der Waals surface area (Å²) in [5, 5.41) is 5.88. The Morgan fingerprint density at radius 3 is 2.68 bits per heavy atom. The summed E-state index contributed by atoms with van der Waals surface area (Å²) >= 11 is 0. The van der Waals surface area contributed by atoms with Crippen molar-refractivity contribution >= 4 is 17.9 Å². The molecule has 0 aromatic heterocycles. The smallest absolute Gasteiger partial charge is 0.251 e. The molecule has 1 aromatic rings. The van der Waals surface area contributed by atoms with Crippen molar-refractivity contribution in [3.05, 3.63) is 41.5 Å². The zero-order valence-corrected chi connectivity index (χ0v) is 16.8. The maximum absolute atomic E-state index is 12.1. The zero-order valence-electron chi connectivity index (χ0n) is 16.8. The van der Waals surface area contributed by atoms with Crippen LogP contribution in [0.3, 0.4) is 0 Å². The Hall–Kier alpha value is -2.18. The van der Waals surface area contributed by atoms with Crippen molar-refractivity contribution in [2.45, 2.75) is 38.8 Å². The lowest BCUT2D eigenvalue weighted by atomic mass is 10.1. The fourth-order valence-corrected chi connectivity index (χ4v) is 3.27. The monoisotopic (exact) mass is 385 g/mol. The minimum Gasteiger partial charge on any atom is -0.374 e. The first-order valence-electron chi connectivity index (χ1n) is 10.2. The Kier molecular flexibility index (Phi) is 7.23. The molecule has 0 radical (unpaired) electrons. The van der Waals surface area contributed by atoms with E-state index in [9.17, 15) is 9.59 Å². The second-order valence-corrected chi connectivity index (χ2v) is 8.09. The lowest BCUT2D eigenvalue weighted by Gasteiger charge is -2.33. The van der Waals surface area contributed by atoms with Crippen LogP contribution in [-0.2, 0) is 9.53 Å². The number of benzene rings is 1. The molecular weight excluding hydrogens is 354 g/mol. The molecule has 6 nitrogen and oxygen atoms in total. The highest BCUT2D eigenvalue weighted by Gasteiger charge is 2.23. The van der Waals surface area contributed by atoms with E-state index < -0.39 is 0 Å². The molecule has 2 N–H and O–H groups in total. The molecule has 3 rings (SSSR count). The molecule has 0 spiro atoms. The topological polar surface area (TPSA) is 70.7 Å². The second kappa shape index (κ2) is 9.85. The Labute approximate surface area is 167 Å². The molecule has 0 bridgehead atoms. The molecular formula is C22H31N3O3. The van der Waals surface area contributed by atoms with Gasteiger partial charge in [-0.25, -0.2) is 0 Å². The van der Waals surface area contributed by atoms with Crippen LogP contribution in [0.4, 0.5) is 0 Å². The Bertz CT molecular complexity index is 695. The van der Waals surface area contributed by atoms with Gasteiger partial charge in [0.2, 0.25) is 5.91 Å². The molecule has 6 heteroatoms. The quantitative estimate of drug-likeness (QED) is 0.672. The van der Waals surface area contributed by atoms with E-state index in [1.54, 1.807) is 18.2 Å². The number of hydrogen-bond acceptors (Lipinski definition) is 4. The molecule has 1 aromatic carbocycles. The number of nitrogens with one attached hydrogen (secondary N) is 2. The lowest BCUT2D eigenvalue weighted by Crippen LogP contribution is -2.48. The van der Waals surface area contributed by atoms with E-state index in [1.165, 1.54) is 6.08 Å². The highest BCUT2D eigenvalue weighted by molar-refractivity contribution is 5.95. The molecule has 2 amide bonds. The van der Waals surface area contributed by atoms with Gasteiger partial charge in [0.05, 0.1) is 12.7 Å². The maximum Gasteiger partial charge on any atom is 0.251 e. The highest BCUT2D eigenvalue weighted by Crippen LogP contribution is 2.19. The minimum absolute atomic E-state index is 0.0326. The van der Waals surface area contributed by atoms with Crippen molar-refractivity contribution in [3.63, 3.8) is 0 Å². The Morgan fingerprint density at radius 2 is 2.00 bits per heavy atom. The van der Waals surface area contributed by atoms with Crippen molar-refractivity contribution in [1.29, 1.82) is 0 Å². The molecule has 1 saturated carbocycles. The normalized spacial score (nSPS) is 20.5. The molecule has 1 atom stereocenters. The average molecular weight is 386 g/mol. The van der Waals surface area contributed by atoms with Crippen LogP contribution >= 0.6 is 0 Å². The van der Waals surface area contributed by atoms with Crippen LogP contribution in [0.5, 0.6) is 0 Å². The molecule has 28 heavy (non-hydrogen) atoms. The third-order valence-electron chi connectivity index (χ3n) is 4.86. The van der Waals surface area contributed by atoms with E-state index in [0.717, 1.165) is 38.0 Å². The molecule has 1 aliphatic carbocycles. The van der Waals surface area contributed by atoms with Crippen LogP contribution in [0.15, 0.2) is 30.3 Å². The van der Waals surface area contributed by atoms with E-state index in [-0.39, 0.29) is 17.9 Å². The van der Waals surface area contributed by atoms with Crippen molar-refractivity contribution in [1.82, 2.24) is 15.5 Å². The maximum atomic E-state index is 12.1. The van der Waals surface area contributed by atoms with Gasteiger partial charge in [-0.2, -0.15) is 0 Å². The molecule has 1 saturated heterocycles.